The monoisotopic (exact) mass is 252 g/mol. The van der Waals surface area contributed by atoms with Crippen LogP contribution in [0.3, 0.4) is 0 Å². The molecule has 5 atom stereocenters. The molecule has 5 unspecified atom stereocenters. The predicted molar refractivity (Wildman–Crippen MR) is 82.6 cm³/mol. The molecule has 0 aromatic heterocycles. The molecule has 0 radical (unpaired) electrons. The summed E-state index contributed by atoms with van der Waals surface area (Å²) < 4.78 is 0. The van der Waals surface area contributed by atoms with Crippen molar-refractivity contribution in [3.05, 3.63) is 0 Å². The Balaban J connectivity index is 0.000000771. The van der Waals surface area contributed by atoms with E-state index in [0.29, 0.717) is 0 Å². The highest BCUT2D eigenvalue weighted by Gasteiger charge is 2.43. The quantitative estimate of drug-likeness (QED) is 0.564. The summed E-state index contributed by atoms with van der Waals surface area (Å²) in [6, 6.07) is 0. The Kier molecular flexibility index (Phi) is 6.21. The van der Waals surface area contributed by atoms with Crippen molar-refractivity contribution in [1.29, 1.82) is 0 Å². The van der Waals surface area contributed by atoms with Crippen molar-refractivity contribution in [2.24, 2.45) is 41.4 Å². The van der Waals surface area contributed by atoms with Gasteiger partial charge in [-0.2, -0.15) is 0 Å². The first-order chi connectivity index (χ1) is 8.49. The van der Waals surface area contributed by atoms with E-state index in [-0.39, 0.29) is 0 Å². The van der Waals surface area contributed by atoms with Crippen LogP contribution in [-0.4, -0.2) is 0 Å². The van der Waals surface area contributed by atoms with Crippen LogP contribution < -0.4 is 0 Å². The van der Waals surface area contributed by atoms with Gasteiger partial charge >= 0.3 is 0 Å². The molecule has 0 aliphatic heterocycles. The molecule has 2 aliphatic rings. The van der Waals surface area contributed by atoms with Gasteiger partial charge in [0.25, 0.3) is 0 Å². The third kappa shape index (κ3) is 3.52. The van der Waals surface area contributed by atoms with Gasteiger partial charge in [-0.1, -0.05) is 48.5 Å². The molecule has 2 saturated carbocycles. The summed E-state index contributed by atoms with van der Waals surface area (Å²) in [5.74, 6) is 7.00. The van der Waals surface area contributed by atoms with Crippen molar-refractivity contribution in [2.45, 2.75) is 74.1 Å². The molecule has 0 aromatic rings. The number of hydrogen-bond acceptors (Lipinski definition) is 0. The van der Waals surface area contributed by atoms with Gasteiger partial charge in [-0.3, -0.25) is 0 Å². The molecule has 108 valence electrons. The molecule has 0 aromatic carbocycles. The SMILES string of the molecule is CC.CC(C)C1CC(C)C2CC(C(C)C)CC2C1. The second-order valence-corrected chi connectivity index (χ2v) is 7.35. The van der Waals surface area contributed by atoms with E-state index < -0.39 is 0 Å². The topological polar surface area (TPSA) is 0 Å². The van der Waals surface area contributed by atoms with Gasteiger partial charge in [-0.05, 0) is 67.1 Å². The summed E-state index contributed by atoms with van der Waals surface area (Å²) in [5, 5.41) is 0. The van der Waals surface area contributed by atoms with Gasteiger partial charge < -0.3 is 0 Å². The maximum absolute atomic E-state index is 2.52. The lowest BCUT2D eigenvalue weighted by molar-refractivity contribution is 0.114. The van der Waals surface area contributed by atoms with E-state index >= 15 is 0 Å². The summed E-state index contributed by atoms with van der Waals surface area (Å²) in [6.45, 7) is 16.2. The van der Waals surface area contributed by atoms with E-state index in [1.807, 2.05) is 13.8 Å². The molecule has 0 bridgehead atoms. The van der Waals surface area contributed by atoms with E-state index in [1.165, 1.54) is 25.7 Å². The summed E-state index contributed by atoms with van der Waals surface area (Å²) in [4.78, 5) is 0. The Morgan fingerprint density at radius 2 is 1.17 bits per heavy atom. The highest BCUT2D eigenvalue weighted by molar-refractivity contribution is 4.93. The lowest BCUT2D eigenvalue weighted by Crippen LogP contribution is -2.30. The van der Waals surface area contributed by atoms with Gasteiger partial charge in [0.1, 0.15) is 0 Å². The van der Waals surface area contributed by atoms with Crippen molar-refractivity contribution in [2.75, 3.05) is 0 Å². The molecule has 0 amide bonds. The molecule has 2 aliphatic carbocycles. The van der Waals surface area contributed by atoms with E-state index in [0.717, 1.165) is 41.4 Å². The first kappa shape index (κ1) is 16.1. The van der Waals surface area contributed by atoms with Gasteiger partial charge in [0.2, 0.25) is 0 Å². The molecule has 2 fully saturated rings. The van der Waals surface area contributed by atoms with Gasteiger partial charge in [0.05, 0.1) is 0 Å². The van der Waals surface area contributed by atoms with E-state index in [4.69, 9.17) is 0 Å². The minimum atomic E-state index is 0.904. The highest BCUT2D eigenvalue weighted by atomic mass is 14.5. The second kappa shape index (κ2) is 6.96. The molecular weight excluding hydrogens is 216 g/mol. The number of hydrogen-bond donors (Lipinski definition) is 0. The van der Waals surface area contributed by atoms with Gasteiger partial charge in [-0.15, -0.1) is 0 Å². The molecule has 0 heteroatoms. The predicted octanol–water partition coefficient (Wildman–Crippen LogP) is 6.01. The molecule has 18 heavy (non-hydrogen) atoms. The fourth-order valence-electron chi connectivity index (χ4n) is 4.40. The third-order valence-corrected chi connectivity index (χ3v) is 5.68. The smallest absolute Gasteiger partial charge is 0.0357 e. The van der Waals surface area contributed by atoms with Gasteiger partial charge in [0, 0.05) is 0 Å². The van der Waals surface area contributed by atoms with E-state index in [2.05, 4.69) is 34.6 Å². The lowest BCUT2D eigenvalue weighted by Gasteiger charge is -2.38. The average molecular weight is 252 g/mol. The Hall–Kier alpha value is 0. The first-order valence-corrected chi connectivity index (χ1v) is 8.49. The van der Waals surface area contributed by atoms with Crippen LogP contribution in [0.15, 0.2) is 0 Å². The maximum atomic E-state index is 2.52. The highest BCUT2D eigenvalue weighted by Crippen LogP contribution is 2.52. The average Bonchev–Trinajstić information content (AvgIpc) is 2.76. The van der Waals surface area contributed by atoms with Gasteiger partial charge in [0.15, 0.2) is 0 Å². The molecule has 0 nitrogen and oxygen atoms in total. The normalized spacial score (nSPS) is 39.5. The summed E-state index contributed by atoms with van der Waals surface area (Å²) in [5.41, 5.74) is 0. The van der Waals surface area contributed by atoms with Crippen LogP contribution in [-0.2, 0) is 0 Å². The molecule has 0 spiro atoms. The minimum absolute atomic E-state index is 0.904. The molecule has 0 saturated heterocycles. The van der Waals surface area contributed by atoms with Crippen LogP contribution in [0.25, 0.3) is 0 Å². The summed E-state index contributed by atoms with van der Waals surface area (Å²) >= 11 is 0. The zero-order valence-electron chi connectivity index (χ0n) is 13.9. The van der Waals surface area contributed by atoms with Crippen LogP contribution in [0, 0.1) is 41.4 Å². The molecule has 0 N–H and O–H groups in total. The third-order valence-electron chi connectivity index (χ3n) is 5.68. The Morgan fingerprint density at radius 1 is 0.722 bits per heavy atom. The lowest BCUT2D eigenvalue weighted by atomic mass is 9.67. The number of fused-ring (bicyclic) bond motifs is 1. The Labute approximate surface area is 116 Å². The van der Waals surface area contributed by atoms with Gasteiger partial charge in [-0.25, -0.2) is 0 Å². The number of rotatable bonds is 2. The summed E-state index contributed by atoms with van der Waals surface area (Å²) in [7, 11) is 0. The van der Waals surface area contributed by atoms with Crippen molar-refractivity contribution in [3.8, 4) is 0 Å². The Morgan fingerprint density at radius 3 is 1.61 bits per heavy atom. The van der Waals surface area contributed by atoms with E-state index in [1.54, 1.807) is 0 Å². The van der Waals surface area contributed by atoms with Crippen LogP contribution in [0.1, 0.15) is 74.1 Å². The van der Waals surface area contributed by atoms with Crippen LogP contribution in [0.2, 0.25) is 0 Å². The zero-order chi connectivity index (χ0) is 13.9. The van der Waals surface area contributed by atoms with E-state index in [9.17, 15) is 0 Å². The molecule has 2 rings (SSSR count). The maximum Gasteiger partial charge on any atom is -0.0357 e. The van der Waals surface area contributed by atoms with Crippen molar-refractivity contribution in [1.82, 2.24) is 0 Å². The van der Waals surface area contributed by atoms with Crippen LogP contribution in [0.4, 0.5) is 0 Å². The van der Waals surface area contributed by atoms with Crippen LogP contribution >= 0.6 is 0 Å². The van der Waals surface area contributed by atoms with Crippen molar-refractivity contribution < 1.29 is 0 Å². The zero-order valence-corrected chi connectivity index (χ0v) is 13.9. The fraction of sp³-hybridized carbons (Fsp3) is 1.00. The minimum Gasteiger partial charge on any atom is -0.0683 e. The molecular formula is C18H36. The summed E-state index contributed by atoms with van der Waals surface area (Å²) in [6.07, 6.45) is 6.11. The molecule has 0 heterocycles. The second-order valence-electron chi connectivity index (χ2n) is 7.35. The van der Waals surface area contributed by atoms with Crippen molar-refractivity contribution in [3.63, 3.8) is 0 Å². The largest absolute Gasteiger partial charge is 0.0683 e. The Bertz CT molecular complexity index is 228. The van der Waals surface area contributed by atoms with Crippen LogP contribution in [0.5, 0.6) is 0 Å². The standard InChI is InChI=1S/C16H30.C2H6/c1-10(2)13-6-12(5)16-9-14(11(3)4)8-15(16)7-13;1-2/h10-16H,6-9H2,1-5H3;1-2H3. The van der Waals surface area contributed by atoms with Crippen molar-refractivity contribution >= 4 is 0 Å². The first-order valence-electron chi connectivity index (χ1n) is 8.49. The fourth-order valence-corrected chi connectivity index (χ4v) is 4.40.